The van der Waals surface area contributed by atoms with Crippen molar-refractivity contribution in [1.82, 2.24) is 4.98 Å². The number of nitrogens with zero attached hydrogens (tertiary/aromatic N) is 2. The number of fused-ring (bicyclic) bond motifs is 1. The maximum absolute atomic E-state index is 12.7. The molecule has 1 aromatic carbocycles. The zero-order valence-electron chi connectivity index (χ0n) is 13.2. The smallest absolute Gasteiger partial charge is 0.272 e. The Labute approximate surface area is 144 Å². The van der Waals surface area contributed by atoms with Gasteiger partial charge in [0.15, 0.2) is 23.0 Å². The second kappa shape index (κ2) is 5.79. The Bertz CT molecular complexity index is 818. The summed E-state index contributed by atoms with van der Waals surface area (Å²) in [4.78, 5) is 30.7. The number of nitrogen functional groups attached to an aromatic ring is 1. The van der Waals surface area contributed by atoms with Gasteiger partial charge in [-0.3, -0.25) is 14.5 Å². The van der Waals surface area contributed by atoms with Gasteiger partial charge in [0.25, 0.3) is 5.91 Å². The molecule has 2 aromatic rings. The number of carbonyl (C=O) groups excluding carboxylic acids is 2. The summed E-state index contributed by atoms with van der Waals surface area (Å²) in [5.41, 5.74) is 5.08. The Morgan fingerprint density at radius 1 is 1.25 bits per heavy atom. The van der Waals surface area contributed by atoms with Crippen molar-refractivity contribution in [3.63, 3.8) is 0 Å². The van der Waals surface area contributed by atoms with Crippen LogP contribution >= 0.6 is 11.6 Å². The first-order valence-corrected chi connectivity index (χ1v) is 7.72. The fourth-order valence-electron chi connectivity index (χ4n) is 2.48. The fourth-order valence-corrected chi connectivity index (χ4v) is 2.61. The van der Waals surface area contributed by atoms with Crippen LogP contribution in [0, 0.1) is 0 Å². The number of ketones is 1. The summed E-state index contributed by atoms with van der Waals surface area (Å²) in [7, 11) is 0. The van der Waals surface area contributed by atoms with Crippen molar-refractivity contribution < 1.29 is 14.3 Å². The van der Waals surface area contributed by atoms with Crippen molar-refractivity contribution >= 4 is 34.9 Å². The highest BCUT2D eigenvalue weighted by Gasteiger charge is 2.42. The molecule has 2 N–H and O–H groups in total. The fraction of sp³-hybridized carbons (Fsp3) is 0.235. The first-order chi connectivity index (χ1) is 11.3. The molecule has 0 aliphatic carbocycles. The molecule has 1 aliphatic rings. The highest BCUT2D eigenvalue weighted by Crippen LogP contribution is 2.36. The number of rotatable bonds is 3. The molecular weight excluding hydrogens is 330 g/mol. The summed E-state index contributed by atoms with van der Waals surface area (Å²) in [6, 6.07) is 9.73. The van der Waals surface area contributed by atoms with Gasteiger partial charge >= 0.3 is 0 Å². The van der Waals surface area contributed by atoms with E-state index in [1.54, 1.807) is 50.2 Å². The summed E-state index contributed by atoms with van der Waals surface area (Å²) in [6.45, 7) is 3.14. The van der Waals surface area contributed by atoms with Crippen LogP contribution < -0.4 is 15.4 Å². The largest absolute Gasteiger partial charge is 0.474 e. The van der Waals surface area contributed by atoms with E-state index in [0.29, 0.717) is 16.3 Å². The summed E-state index contributed by atoms with van der Waals surface area (Å²) >= 11 is 5.84. The van der Waals surface area contributed by atoms with Gasteiger partial charge in [-0.1, -0.05) is 11.6 Å². The van der Waals surface area contributed by atoms with E-state index in [1.807, 2.05) is 0 Å². The molecule has 6 nitrogen and oxygen atoms in total. The maximum Gasteiger partial charge on any atom is 0.272 e. The Morgan fingerprint density at radius 2 is 1.92 bits per heavy atom. The number of pyridine rings is 1. The summed E-state index contributed by atoms with van der Waals surface area (Å²) < 4.78 is 5.68. The Kier molecular flexibility index (Phi) is 3.93. The Morgan fingerprint density at radius 3 is 2.58 bits per heavy atom. The van der Waals surface area contributed by atoms with E-state index in [4.69, 9.17) is 22.1 Å². The molecule has 0 saturated carbocycles. The number of hydrogen-bond acceptors (Lipinski definition) is 5. The third-order valence-electron chi connectivity index (χ3n) is 3.71. The van der Waals surface area contributed by atoms with Crippen LogP contribution in [-0.2, 0) is 4.79 Å². The molecule has 0 atom stereocenters. The molecule has 0 unspecified atom stereocenters. The van der Waals surface area contributed by atoms with E-state index >= 15 is 0 Å². The standard InChI is InChI=1S/C17H16ClN3O3/c1-17(2)16(23)21(15-13(24-17)7-8-14(19)20-15)9-12(22)10-3-5-11(18)6-4-10/h3-8H,9H2,1-2H3,(H2,19,20). The molecule has 0 bridgehead atoms. The predicted molar refractivity (Wildman–Crippen MR) is 91.5 cm³/mol. The molecule has 1 aromatic heterocycles. The highest BCUT2D eigenvalue weighted by atomic mass is 35.5. The zero-order chi connectivity index (χ0) is 17.5. The van der Waals surface area contributed by atoms with Crippen molar-refractivity contribution in [2.75, 3.05) is 17.2 Å². The third kappa shape index (κ3) is 2.92. The van der Waals surface area contributed by atoms with Gasteiger partial charge in [0.05, 0.1) is 6.54 Å². The normalized spacial score (nSPS) is 15.6. The topological polar surface area (TPSA) is 85.5 Å². The van der Waals surface area contributed by atoms with E-state index < -0.39 is 5.60 Å². The summed E-state index contributed by atoms with van der Waals surface area (Å²) in [5, 5.41) is 0.537. The third-order valence-corrected chi connectivity index (χ3v) is 3.96. The van der Waals surface area contributed by atoms with Gasteiger partial charge in [-0.15, -0.1) is 0 Å². The van der Waals surface area contributed by atoms with E-state index in [2.05, 4.69) is 4.98 Å². The predicted octanol–water partition coefficient (Wildman–Crippen LogP) is 2.70. The average Bonchev–Trinajstić information content (AvgIpc) is 2.53. The monoisotopic (exact) mass is 345 g/mol. The number of nitrogens with two attached hydrogens (primary N) is 1. The van der Waals surface area contributed by atoms with Crippen LogP contribution in [0.4, 0.5) is 11.6 Å². The quantitative estimate of drug-likeness (QED) is 0.864. The number of hydrogen-bond donors (Lipinski definition) is 1. The van der Waals surface area contributed by atoms with Crippen LogP contribution in [0.5, 0.6) is 5.75 Å². The number of halogens is 1. The van der Waals surface area contributed by atoms with Crippen LogP contribution in [0.3, 0.4) is 0 Å². The molecule has 1 aliphatic heterocycles. The van der Waals surface area contributed by atoms with E-state index in [0.717, 1.165) is 0 Å². The first-order valence-electron chi connectivity index (χ1n) is 7.34. The minimum absolute atomic E-state index is 0.156. The average molecular weight is 346 g/mol. The molecule has 2 heterocycles. The van der Waals surface area contributed by atoms with Crippen LogP contribution in [0.15, 0.2) is 36.4 Å². The van der Waals surface area contributed by atoms with Crippen LogP contribution in [0.2, 0.25) is 5.02 Å². The Hall–Kier alpha value is -2.60. The van der Waals surface area contributed by atoms with Crippen molar-refractivity contribution in [3.05, 3.63) is 47.0 Å². The van der Waals surface area contributed by atoms with E-state index in [9.17, 15) is 9.59 Å². The van der Waals surface area contributed by atoms with Crippen LogP contribution in [-0.4, -0.2) is 28.8 Å². The van der Waals surface area contributed by atoms with Gasteiger partial charge < -0.3 is 10.5 Å². The number of Topliss-reactive ketones (excluding diaryl/α,β-unsaturated/α-hetero) is 1. The van der Waals surface area contributed by atoms with Crippen molar-refractivity contribution in [2.24, 2.45) is 0 Å². The minimum Gasteiger partial charge on any atom is -0.474 e. The summed E-state index contributed by atoms with van der Waals surface area (Å²) in [6.07, 6.45) is 0. The maximum atomic E-state index is 12.7. The molecule has 1 amide bonds. The van der Waals surface area contributed by atoms with Crippen molar-refractivity contribution in [1.29, 1.82) is 0 Å². The SMILES string of the molecule is CC1(C)Oc2ccc(N)nc2N(CC(=O)c2ccc(Cl)cc2)C1=O. The molecular formula is C17H16ClN3O3. The lowest BCUT2D eigenvalue weighted by Crippen LogP contribution is -2.54. The molecule has 0 spiro atoms. The lowest BCUT2D eigenvalue weighted by atomic mass is 10.0. The molecule has 3 rings (SSSR count). The molecule has 0 fully saturated rings. The number of ether oxygens (including phenoxy) is 1. The first kappa shape index (κ1) is 16.3. The van der Waals surface area contributed by atoms with E-state index in [1.165, 1.54) is 4.90 Å². The van der Waals surface area contributed by atoms with Crippen molar-refractivity contribution in [2.45, 2.75) is 19.4 Å². The number of aromatic nitrogens is 1. The molecule has 24 heavy (non-hydrogen) atoms. The lowest BCUT2D eigenvalue weighted by Gasteiger charge is -2.37. The van der Waals surface area contributed by atoms with Crippen LogP contribution in [0.1, 0.15) is 24.2 Å². The highest BCUT2D eigenvalue weighted by molar-refractivity contribution is 6.30. The van der Waals surface area contributed by atoms with Gasteiger partial charge in [0.1, 0.15) is 5.82 Å². The van der Waals surface area contributed by atoms with Gasteiger partial charge in [-0.2, -0.15) is 0 Å². The van der Waals surface area contributed by atoms with Crippen LogP contribution in [0.25, 0.3) is 0 Å². The molecule has 7 heteroatoms. The van der Waals surface area contributed by atoms with Gasteiger partial charge in [0, 0.05) is 10.6 Å². The van der Waals surface area contributed by atoms with Gasteiger partial charge in [-0.05, 0) is 50.2 Å². The second-order valence-corrected chi connectivity index (χ2v) is 6.43. The number of benzene rings is 1. The number of amides is 1. The van der Waals surface area contributed by atoms with E-state index in [-0.39, 0.29) is 29.9 Å². The van der Waals surface area contributed by atoms with Gasteiger partial charge in [-0.25, -0.2) is 4.98 Å². The summed E-state index contributed by atoms with van der Waals surface area (Å²) in [5.74, 6) is 0.330. The minimum atomic E-state index is -1.09. The second-order valence-electron chi connectivity index (χ2n) is 5.99. The zero-order valence-corrected chi connectivity index (χ0v) is 14.0. The van der Waals surface area contributed by atoms with Gasteiger partial charge in [0.2, 0.25) is 0 Å². The Balaban J connectivity index is 1.96. The lowest BCUT2D eigenvalue weighted by molar-refractivity contribution is -0.132. The molecule has 0 radical (unpaired) electrons. The number of anilines is 2. The molecule has 124 valence electrons. The van der Waals surface area contributed by atoms with Crippen molar-refractivity contribution in [3.8, 4) is 5.75 Å². The molecule has 0 saturated heterocycles. The number of carbonyl (C=O) groups is 2.